The molecule has 2 atom stereocenters. The fourth-order valence-corrected chi connectivity index (χ4v) is 2.12. The maximum absolute atomic E-state index is 10.8. The van der Waals surface area contributed by atoms with Gasteiger partial charge in [0, 0.05) is 6.92 Å². The fraction of sp³-hybridized carbons (Fsp3) is 0.688. The molecule has 0 saturated carbocycles. The van der Waals surface area contributed by atoms with Crippen LogP contribution in [0, 0.1) is 5.92 Å². The van der Waals surface area contributed by atoms with Crippen LogP contribution in [0.1, 0.15) is 59.3 Å². The number of carbonyl (C=O) groups is 1. The molecule has 0 aliphatic heterocycles. The fourth-order valence-electron chi connectivity index (χ4n) is 2.12. The second-order valence-corrected chi connectivity index (χ2v) is 5.11. The van der Waals surface area contributed by atoms with E-state index in [1.165, 1.54) is 25.3 Å². The van der Waals surface area contributed by atoms with Crippen LogP contribution in [-0.2, 0) is 9.53 Å². The van der Waals surface area contributed by atoms with Gasteiger partial charge in [-0.1, -0.05) is 24.6 Å². The molecule has 0 bridgehead atoms. The summed E-state index contributed by atoms with van der Waals surface area (Å²) in [4.78, 5) is 10.8. The van der Waals surface area contributed by atoms with Gasteiger partial charge in [0.2, 0.25) is 0 Å². The minimum atomic E-state index is -0.187. The summed E-state index contributed by atoms with van der Waals surface area (Å²) in [6, 6.07) is 0. The van der Waals surface area contributed by atoms with E-state index in [0.717, 1.165) is 25.7 Å². The molecule has 1 unspecified atom stereocenters. The molecule has 0 aromatic heterocycles. The molecule has 0 aromatic rings. The van der Waals surface area contributed by atoms with Gasteiger partial charge in [0.05, 0.1) is 6.10 Å². The van der Waals surface area contributed by atoms with Crippen molar-refractivity contribution in [1.29, 1.82) is 0 Å². The molecule has 0 heterocycles. The van der Waals surface area contributed by atoms with E-state index >= 15 is 0 Å². The van der Waals surface area contributed by atoms with Crippen molar-refractivity contribution < 1.29 is 9.53 Å². The summed E-state index contributed by atoms with van der Waals surface area (Å²) in [7, 11) is 0. The van der Waals surface area contributed by atoms with Crippen LogP contribution in [-0.4, -0.2) is 12.1 Å². The molecule has 0 radical (unpaired) electrons. The Kier molecular flexibility index (Phi) is 9.35. The molecule has 0 fully saturated rings. The van der Waals surface area contributed by atoms with E-state index in [4.69, 9.17) is 4.74 Å². The van der Waals surface area contributed by atoms with E-state index in [9.17, 15) is 4.79 Å². The summed E-state index contributed by atoms with van der Waals surface area (Å²) in [5, 5.41) is 0. The summed E-state index contributed by atoms with van der Waals surface area (Å²) in [6.45, 7) is 13.3. The lowest BCUT2D eigenvalue weighted by Gasteiger charge is -2.17. The first-order valence-electron chi connectivity index (χ1n) is 6.90. The van der Waals surface area contributed by atoms with E-state index in [0.29, 0.717) is 5.92 Å². The Morgan fingerprint density at radius 2 is 1.83 bits per heavy atom. The maximum atomic E-state index is 10.8. The van der Waals surface area contributed by atoms with Crippen LogP contribution < -0.4 is 0 Å². The van der Waals surface area contributed by atoms with Gasteiger partial charge in [-0.25, -0.2) is 0 Å². The lowest BCUT2D eigenvalue weighted by Crippen LogP contribution is -2.12. The van der Waals surface area contributed by atoms with Gasteiger partial charge >= 0.3 is 5.97 Å². The molecule has 2 nitrogen and oxygen atoms in total. The van der Waals surface area contributed by atoms with Crippen molar-refractivity contribution in [2.75, 3.05) is 0 Å². The monoisotopic (exact) mass is 252 g/mol. The Hall–Kier alpha value is -1.05. The van der Waals surface area contributed by atoms with Crippen molar-refractivity contribution in [2.45, 2.75) is 65.4 Å². The van der Waals surface area contributed by atoms with Crippen molar-refractivity contribution in [2.24, 2.45) is 5.92 Å². The van der Waals surface area contributed by atoms with E-state index in [1.807, 2.05) is 13.0 Å². The Labute approximate surface area is 112 Å². The van der Waals surface area contributed by atoms with Gasteiger partial charge in [-0.05, 0) is 51.9 Å². The van der Waals surface area contributed by atoms with Crippen LogP contribution in [0.3, 0.4) is 0 Å². The first-order valence-corrected chi connectivity index (χ1v) is 6.90. The summed E-state index contributed by atoms with van der Waals surface area (Å²) in [6.07, 6.45) is 8.62. The molecule has 0 N–H and O–H groups in total. The molecule has 0 saturated heterocycles. The lowest BCUT2D eigenvalue weighted by molar-refractivity contribution is -0.145. The third kappa shape index (κ3) is 9.03. The van der Waals surface area contributed by atoms with Crippen LogP contribution in [0.5, 0.6) is 0 Å². The van der Waals surface area contributed by atoms with E-state index in [1.54, 1.807) is 0 Å². The van der Waals surface area contributed by atoms with Gasteiger partial charge in [0.15, 0.2) is 0 Å². The minimum absolute atomic E-state index is 0.0407. The molecule has 18 heavy (non-hydrogen) atoms. The normalized spacial score (nSPS) is 13.7. The summed E-state index contributed by atoms with van der Waals surface area (Å²) >= 11 is 0. The molecule has 0 aromatic carbocycles. The molecule has 0 aliphatic carbocycles. The minimum Gasteiger partial charge on any atom is -0.463 e. The zero-order valence-corrected chi connectivity index (χ0v) is 12.2. The van der Waals surface area contributed by atoms with Gasteiger partial charge in [0.25, 0.3) is 0 Å². The number of unbranched alkanes of at least 4 members (excludes halogenated alkanes) is 1. The lowest BCUT2D eigenvalue weighted by atomic mass is 9.90. The molecule has 2 heteroatoms. The maximum Gasteiger partial charge on any atom is 0.302 e. The van der Waals surface area contributed by atoms with E-state index in [2.05, 4.69) is 20.1 Å². The van der Waals surface area contributed by atoms with Crippen molar-refractivity contribution in [1.82, 2.24) is 0 Å². The van der Waals surface area contributed by atoms with Crippen molar-refractivity contribution in [3.63, 3.8) is 0 Å². The zero-order valence-electron chi connectivity index (χ0n) is 12.2. The second kappa shape index (κ2) is 9.93. The predicted octanol–water partition coefficient (Wildman–Crippen LogP) is 4.66. The highest BCUT2D eigenvalue weighted by atomic mass is 16.5. The summed E-state index contributed by atoms with van der Waals surface area (Å²) < 4.78 is 5.10. The number of esters is 1. The molecular weight excluding hydrogens is 224 g/mol. The molecule has 0 rings (SSSR count). The number of allylic oxidation sites excluding steroid dienone is 2. The highest BCUT2D eigenvalue weighted by molar-refractivity contribution is 5.66. The highest BCUT2D eigenvalue weighted by Crippen LogP contribution is 2.22. The van der Waals surface area contributed by atoms with Crippen molar-refractivity contribution in [3.05, 3.63) is 24.8 Å². The Balaban J connectivity index is 3.75. The van der Waals surface area contributed by atoms with Gasteiger partial charge in [-0.3, -0.25) is 4.79 Å². The summed E-state index contributed by atoms with van der Waals surface area (Å²) in [5.41, 5.74) is 1.27. The number of ether oxygens (including phenoxy) is 1. The second-order valence-electron chi connectivity index (χ2n) is 5.11. The zero-order chi connectivity index (χ0) is 14.0. The van der Waals surface area contributed by atoms with Crippen LogP contribution in [0.25, 0.3) is 0 Å². The number of rotatable bonds is 10. The number of carbonyl (C=O) groups excluding carboxylic acids is 1. The molecule has 0 aliphatic rings. The molecule has 0 spiro atoms. The molecule has 104 valence electrons. The van der Waals surface area contributed by atoms with Crippen LogP contribution in [0.15, 0.2) is 24.8 Å². The smallest absolute Gasteiger partial charge is 0.302 e. The van der Waals surface area contributed by atoms with Crippen LogP contribution >= 0.6 is 0 Å². The third-order valence-electron chi connectivity index (χ3n) is 3.20. The van der Waals surface area contributed by atoms with E-state index < -0.39 is 0 Å². The van der Waals surface area contributed by atoms with E-state index in [-0.39, 0.29) is 12.1 Å². The average molecular weight is 252 g/mol. The van der Waals surface area contributed by atoms with Crippen LogP contribution in [0.4, 0.5) is 0 Å². The first kappa shape index (κ1) is 16.9. The van der Waals surface area contributed by atoms with Crippen LogP contribution in [0.2, 0.25) is 0 Å². The van der Waals surface area contributed by atoms with Gasteiger partial charge in [-0.2, -0.15) is 0 Å². The summed E-state index contributed by atoms with van der Waals surface area (Å²) in [5.74, 6) is 0.417. The molecule has 0 amide bonds. The van der Waals surface area contributed by atoms with Crippen molar-refractivity contribution >= 4 is 5.97 Å². The third-order valence-corrected chi connectivity index (χ3v) is 3.20. The standard InChI is InChI=1S/C16H28O2/c1-6-7-11-16(13(2)3)12-9-8-10-14(4)18-15(5)17/h6,14,16H,1-2,7-12H2,3-5H3/t14?,16-/m1/s1. The Morgan fingerprint density at radius 3 is 2.33 bits per heavy atom. The first-order chi connectivity index (χ1) is 8.47. The number of hydrogen-bond donors (Lipinski definition) is 0. The topological polar surface area (TPSA) is 26.3 Å². The largest absolute Gasteiger partial charge is 0.463 e. The highest BCUT2D eigenvalue weighted by Gasteiger charge is 2.09. The quantitative estimate of drug-likeness (QED) is 0.321. The van der Waals surface area contributed by atoms with Crippen molar-refractivity contribution in [3.8, 4) is 0 Å². The predicted molar refractivity (Wildman–Crippen MR) is 77.4 cm³/mol. The Morgan fingerprint density at radius 1 is 1.22 bits per heavy atom. The average Bonchev–Trinajstić information content (AvgIpc) is 2.26. The Bertz CT molecular complexity index is 268. The van der Waals surface area contributed by atoms with Gasteiger partial charge in [-0.15, -0.1) is 6.58 Å². The number of hydrogen-bond acceptors (Lipinski definition) is 2. The SMILES string of the molecule is C=CCC[C@H](CCCCC(C)OC(C)=O)C(=C)C. The van der Waals surface area contributed by atoms with Gasteiger partial charge in [0.1, 0.15) is 0 Å². The molecular formula is C16H28O2. The van der Waals surface area contributed by atoms with Gasteiger partial charge < -0.3 is 4.74 Å².